The predicted octanol–water partition coefficient (Wildman–Crippen LogP) is 16.5. The van der Waals surface area contributed by atoms with Crippen molar-refractivity contribution in [3.63, 3.8) is 0 Å². The molecule has 25 nitrogen and oxygen atoms in total. The molecule has 0 amide bonds. The lowest BCUT2D eigenvalue weighted by Crippen LogP contribution is -2.70. The van der Waals surface area contributed by atoms with Gasteiger partial charge in [0.05, 0.1) is 13.2 Å². The highest BCUT2D eigenvalue weighted by Crippen LogP contribution is 2.49. The van der Waals surface area contributed by atoms with Crippen molar-refractivity contribution in [2.24, 2.45) is 0 Å². The molecule has 2 heterocycles. The zero-order chi connectivity index (χ0) is 84.0. The van der Waals surface area contributed by atoms with Gasteiger partial charge in [-0.2, -0.15) is 0 Å². The summed E-state index contributed by atoms with van der Waals surface area (Å²) in [6.07, 6.45) is 27.6. The lowest BCUT2D eigenvalue weighted by Gasteiger charge is -2.50. The van der Waals surface area contributed by atoms with Crippen LogP contribution in [0.1, 0.15) is 387 Å². The quantitative estimate of drug-likeness (QED) is 0.00889. The van der Waals surface area contributed by atoms with Crippen molar-refractivity contribution in [2.45, 2.75) is 491 Å². The molecule has 26 heteroatoms. The number of aliphatic hydroxyl groups excluding tert-OH is 9. The summed E-state index contributed by atoms with van der Waals surface area (Å²) >= 11 is 0. The number of hydrogen-bond donors (Lipinski definition) is 10. The fraction of sp³-hybridized carbons (Fsp3) is 0.910. The Hall–Kier alpha value is -3.05. The van der Waals surface area contributed by atoms with Crippen molar-refractivity contribution in [3.8, 4) is 0 Å². The summed E-state index contributed by atoms with van der Waals surface area (Å²) in [6.45, 7) is 5.55. The van der Waals surface area contributed by atoms with Gasteiger partial charge in [0.15, 0.2) is 24.8 Å². The van der Waals surface area contributed by atoms with Crippen molar-refractivity contribution >= 4 is 31.7 Å². The van der Waals surface area contributed by atoms with Gasteiger partial charge < -0.3 is 88.7 Å². The van der Waals surface area contributed by atoms with Gasteiger partial charge in [0, 0.05) is 25.7 Å². The minimum atomic E-state index is -5.81. The third kappa shape index (κ3) is 49.0. The molecule has 18 atom stereocenters. The first-order valence-electron chi connectivity index (χ1n) is 46.1. The number of unbranched alkanes of at least 4 members (excludes halogenated alkanes) is 46. The molecule has 0 aromatic heterocycles. The van der Waals surface area contributed by atoms with Crippen LogP contribution in [0.15, 0.2) is 24.3 Å². The van der Waals surface area contributed by atoms with Gasteiger partial charge in [0.1, 0.15) is 92.6 Å². The first-order valence-corrected chi connectivity index (χ1v) is 47.6. The number of hydrogen-bond acceptors (Lipinski definition) is 24. The molecule has 0 aromatic carbocycles. The van der Waals surface area contributed by atoms with E-state index in [0.29, 0.717) is 44.9 Å². The number of phosphoric acid groups is 1. The first kappa shape index (κ1) is 106. The van der Waals surface area contributed by atoms with Crippen LogP contribution >= 0.6 is 7.82 Å². The molecule has 1 saturated carbocycles. The van der Waals surface area contributed by atoms with Crippen LogP contribution in [-0.2, 0) is 70.7 Å². The number of phosphoric ester groups is 1. The van der Waals surface area contributed by atoms with E-state index in [2.05, 4.69) is 52.0 Å². The van der Waals surface area contributed by atoms with E-state index in [-0.39, 0.29) is 25.7 Å². The van der Waals surface area contributed by atoms with Crippen molar-refractivity contribution < 1.29 is 122 Å². The Morgan fingerprint density at radius 2 is 0.652 bits per heavy atom. The Bertz CT molecular complexity index is 2490. The topological polar surface area (TPSA) is 380 Å². The fourth-order valence-electron chi connectivity index (χ4n) is 15.1. The van der Waals surface area contributed by atoms with Gasteiger partial charge in [-0.15, -0.1) is 0 Å². The lowest BCUT2D eigenvalue weighted by molar-refractivity contribution is -0.360. The van der Waals surface area contributed by atoms with Crippen LogP contribution in [0.5, 0.6) is 0 Å². The van der Waals surface area contributed by atoms with Crippen molar-refractivity contribution in [1.82, 2.24) is 0 Å². The number of esters is 4. The standard InChI is InChI=1S/C89H163O25P/c1-5-9-13-17-21-25-29-33-35-39-42-45-49-53-57-61-72(91)105-66-69(108-74(93)63-59-55-51-47-44-40-36-34-30-26-22-18-14-10-6-2)67-107-115(103,104)114-87-85(112-88-82(101)78(97)76(95)70(65-90)109-88)81(100)80(99)84(111-75(94)64-60-56-52-48-43-38-32-28-24-20-16-12-8-4)86(87)113-89-83(102)79(98)77(96)71(110-89)68-106-73(92)62-58-54-50-46-41-37-31-27-23-19-15-11-7-3/h26,30,37,41,69-71,76-90,95-102H,5-25,27-29,31-36,38-40,42-68H2,1-4H3,(H,103,104)/b30-26-,41-37-. The molecule has 18 unspecified atom stereocenters. The van der Waals surface area contributed by atoms with Crippen LogP contribution in [0.25, 0.3) is 0 Å². The third-order valence-corrected chi connectivity index (χ3v) is 23.4. The number of carbonyl (C=O) groups excluding carboxylic acids is 4. The molecule has 3 rings (SSSR count). The molecule has 0 bridgehead atoms. The van der Waals surface area contributed by atoms with Gasteiger partial charge >= 0.3 is 31.7 Å². The molecule has 0 aromatic rings. The summed E-state index contributed by atoms with van der Waals surface area (Å²) in [4.78, 5) is 66.4. The Morgan fingerprint density at radius 1 is 0.339 bits per heavy atom. The molecule has 2 saturated heterocycles. The molecular formula is C89H163O25P. The first-order chi connectivity index (χ1) is 55.7. The minimum absolute atomic E-state index is 0.00563. The monoisotopic (exact) mass is 1660 g/mol. The number of rotatable bonds is 74. The summed E-state index contributed by atoms with van der Waals surface area (Å²) in [6, 6.07) is 0. The van der Waals surface area contributed by atoms with Gasteiger partial charge in [0.25, 0.3) is 0 Å². The Kier molecular flexibility index (Phi) is 63.2. The van der Waals surface area contributed by atoms with Crippen LogP contribution in [0.3, 0.4) is 0 Å². The largest absolute Gasteiger partial charge is 0.472 e. The van der Waals surface area contributed by atoms with Gasteiger partial charge in [-0.3, -0.25) is 28.2 Å². The highest BCUT2D eigenvalue weighted by molar-refractivity contribution is 7.47. The predicted molar refractivity (Wildman–Crippen MR) is 444 cm³/mol. The highest BCUT2D eigenvalue weighted by Gasteiger charge is 2.60. The summed E-state index contributed by atoms with van der Waals surface area (Å²) in [5, 5.41) is 102. The maximum Gasteiger partial charge on any atom is 0.472 e. The molecular weight excluding hydrogens is 1500 g/mol. The Balaban J connectivity index is 1.93. The molecule has 10 N–H and O–H groups in total. The van der Waals surface area contributed by atoms with Crippen LogP contribution in [0.2, 0.25) is 0 Å². The van der Waals surface area contributed by atoms with Crippen LogP contribution in [0.4, 0.5) is 0 Å². The van der Waals surface area contributed by atoms with E-state index in [1.807, 2.05) is 0 Å². The average molecular weight is 1660 g/mol. The molecule has 1 aliphatic carbocycles. The summed E-state index contributed by atoms with van der Waals surface area (Å²) in [5.74, 6) is -2.98. The average Bonchev–Trinajstić information content (AvgIpc) is 0.753. The zero-order valence-electron chi connectivity index (χ0n) is 71.6. The van der Waals surface area contributed by atoms with E-state index in [4.69, 9.17) is 46.9 Å². The van der Waals surface area contributed by atoms with Gasteiger partial charge in [-0.05, 0) is 77.0 Å². The second kappa shape index (κ2) is 68.5. The number of ether oxygens (including phenoxy) is 8. The molecule has 674 valence electrons. The Labute approximate surface area is 692 Å². The van der Waals surface area contributed by atoms with Crippen LogP contribution in [0, 0.1) is 0 Å². The van der Waals surface area contributed by atoms with E-state index in [0.717, 1.165) is 135 Å². The second-order valence-electron chi connectivity index (χ2n) is 32.8. The maximum absolute atomic E-state index is 14.9. The smallest absolute Gasteiger partial charge is 0.463 e. The van der Waals surface area contributed by atoms with Gasteiger partial charge in [0.2, 0.25) is 0 Å². The molecule has 0 spiro atoms. The fourth-order valence-corrected chi connectivity index (χ4v) is 16.0. The summed E-state index contributed by atoms with van der Waals surface area (Å²) < 4.78 is 73.3. The van der Waals surface area contributed by atoms with Crippen LogP contribution < -0.4 is 0 Å². The second-order valence-corrected chi connectivity index (χ2v) is 34.2. The minimum Gasteiger partial charge on any atom is -0.463 e. The SMILES string of the molecule is CCCCCC/C=C\CCCCCCCCCC(=O)OC(COC(=O)CCCCCCCCCCCCCCCCC)COP(=O)(O)OC1C(OC2OC(CO)C(O)C(O)C2O)C(O)C(O)C(OC(=O)CCCCCCCCCCCCCCC)C1OC1OC(COC(=O)CCCCC/C=C\CCCCCCCC)C(O)C(O)C1O. The highest BCUT2D eigenvalue weighted by atomic mass is 31.2. The van der Waals surface area contributed by atoms with E-state index >= 15 is 0 Å². The van der Waals surface area contributed by atoms with Crippen molar-refractivity contribution in [3.05, 3.63) is 24.3 Å². The Morgan fingerprint density at radius 3 is 1.05 bits per heavy atom. The molecule has 3 aliphatic rings. The number of carbonyl (C=O) groups is 4. The van der Waals surface area contributed by atoms with Crippen molar-refractivity contribution in [1.29, 1.82) is 0 Å². The van der Waals surface area contributed by atoms with Crippen LogP contribution in [-0.4, -0.2) is 205 Å². The van der Waals surface area contributed by atoms with E-state index < -0.39 is 162 Å². The third-order valence-electron chi connectivity index (χ3n) is 22.4. The number of aliphatic hydroxyl groups is 9. The zero-order valence-corrected chi connectivity index (χ0v) is 72.5. The molecule has 2 aliphatic heterocycles. The number of allylic oxidation sites excluding steroid dienone is 4. The van der Waals surface area contributed by atoms with E-state index in [1.165, 1.54) is 154 Å². The van der Waals surface area contributed by atoms with E-state index in [9.17, 15) is 74.6 Å². The normalized spacial score (nSPS) is 25.3. The summed E-state index contributed by atoms with van der Waals surface area (Å²) in [5.41, 5.74) is 0. The summed E-state index contributed by atoms with van der Waals surface area (Å²) in [7, 11) is -5.81. The van der Waals surface area contributed by atoms with E-state index in [1.54, 1.807) is 0 Å². The molecule has 0 radical (unpaired) electrons. The molecule has 3 fully saturated rings. The van der Waals surface area contributed by atoms with Gasteiger partial charge in [-0.25, -0.2) is 4.57 Å². The van der Waals surface area contributed by atoms with Gasteiger partial charge in [-0.1, -0.05) is 309 Å². The van der Waals surface area contributed by atoms with Crippen molar-refractivity contribution in [2.75, 3.05) is 26.4 Å². The maximum atomic E-state index is 14.9. The molecule has 115 heavy (non-hydrogen) atoms. The lowest BCUT2D eigenvalue weighted by atomic mass is 9.84.